The van der Waals surface area contributed by atoms with Crippen LogP contribution in [0, 0.1) is 11.8 Å². The lowest BCUT2D eigenvalue weighted by Crippen LogP contribution is -2.42. The maximum atomic E-state index is 12.5. The standard InChI is InChI=1S/C20H24N4O3S/c1-23-6-3-13(8-18(23)25)19(26)22-9-14-15-10-24(11-17-21-5-7-28-17)12-20(15)4-2-16(14)27-20/h3,5-8,14-16H,2,4,9-12H2,1H3,(H,22,26)/t14-,15+,16+,20+/m0/s1. The van der Waals surface area contributed by atoms with Crippen molar-refractivity contribution in [1.82, 2.24) is 19.8 Å². The lowest BCUT2D eigenvalue weighted by molar-refractivity contribution is 0.00212. The third kappa shape index (κ3) is 3.00. The Morgan fingerprint density at radius 1 is 1.50 bits per heavy atom. The maximum absolute atomic E-state index is 12.5. The zero-order valence-corrected chi connectivity index (χ0v) is 16.7. The highest BCUT2D eigenvalue weighted by Crippen LogP contribution is 2.54. The number of rotatable bonds is 5. The van der Waals surface area contributed by atoms with E-state index in [4.69, 9.17) is 4.74 Å². The summed E-state index contributed by atoms with van der Waals surface area (Å²) in [5, 5.41) is 6.20. The lowest BCUT2D eigenvalue weighted by atomic mass is 9.73. The summed E-state index contributed by atoms with van der Waals surface area (Å²) in [7, 11) is 1.67. The lowest BCUT2D eigenvalue weighted by Gasteiger charge is -2.29. The Morgan fingerprint density at radius 2 is 2.39 bits per heavy atom. The molecule has 3 aliphatic rings. The van der Waals surface area contributed by atoms with Crippen LogP contribution < -0.4 is 10.9 Å². The molecule has 0 aromatic carbocycles. The van der Waals surface area contributed by atoms with E-state index >= 15 is 0 Å². The van der Waals surface area contributed by atoms with Gasteiger partial charge < -0.3 is 14.6 Å². The largest absolute Gasteiger partial charge is 0.370 e. The van der Waals surface area contributed by atoms with E-state index in [2.05, 4.69) is 15.2 Å². The van der Waals surface area contributed by atoms with Crippen LogP contribution in [-0.2, 0) is 18.3 Å². The van der Waals surface area contributed by atoms with Crippen molar-refractivity contribution in [3.63, 3.8) is 0 Å². The molecule has 3 aliphatic heterocycles. The fourth-order valence-corrected chi connectivity index (χ4v) is 5.86. The van der Waals surface area contributed by atoms with E-state index < -0.39 is 0 Å². The van der Waals surface area contributed by atoms with Crippen molar-refractivity contribution in [2.75, 3.05) is 19.6 Å². The van der Waals surface area contributed by atoms with Gasteiger partial charge in [-0.3, -0.25) is 14.5 Å². The third-order valence-electron chi connectivity index (χ3n) is 6.56. The minimum Gasteiger partial charge on any atom is -0.370 e. The Bertz CT molecular complexity index is 943. The molecule has 2 aromatic heterocycles. The van der Waals surface area contributed by atoms with Crippen LogP contribution in [0.1, 0.15) is 28.2 Å². The molecule has 3 fully saturated rings. The van der Waals surface area contributed by atoms with Crippen LogP contribution in [0.4, 0.5) is 0 Å². The Labute approximate surface area is 167 Å². The van der Waals surface area contributed by atoms with Crippen molar-refractivity contribution < 1.29 is 9.53 Å². The van der Waals surface area contributed by atoms with Gasteiger partial charge in [-0.25, -0.2) is 4.98 Å². The van der Waals surface area contributed by atoms with Gasteiger partial charge in [-0.15, -0.1) is 11.3 Å². The molecule has 0 unspecified atom stereocenters. The number of likely N-dealkylation sites (tertiary alicyclic amines) is 1. The van der Waals surface area contributed by atoms with Crippen LogP contribution in [0.25, 0.3) is 0 Å². The minimum absolute atomic E-state index is 0.0555. The minimum atomic E-state index is -0.188. The summed E-state index contributed by atoms with van der Waals surface area (Å²) in [6.07, 6.45) is 5.88. The molecule has 0 saturated carbocycles. The summed E-state index contributed by atoms with van der Waals surface area (Å²) in [5.41, 5.74) is 0.183. The number of thiazole rings is 1. The number of nitrogens with one attached hydrogen (secondary N) is 1. The highest BCUT2D eigenvalue weighted by Gasteiger charge is 2.62. The number of ether oxygens (including phenoxy) is 1. The van der Waals surface area contributed by atoms with Crippen LogP contribution in [-0.4, -0.2) is 51.7 Å². The smallest absolute Gasteiger partial charge is 0.251 e. The summed E-state index contributed by atoms with van der Waals surface area (Å²) in [6, 6.07) is 3.07. The summed E-state index contributed by atoms with van der Waals surface area (Å²) >= 11 is 1.69. The predicted octanol–water partition coefficient (Wildman–Crippen LogP) is 1.25. The van der Waals surface area contributed by atoms with Crippen LogP contribution >= 0.6 is 11.3 Å². The first-order chi connectivity index (χ1) is 13.5. The van der Waals surface area contributed by atoms with Crippen molar-refractivity contribution >= 4 is 17.2 Å². The summed E-state index contributed by atoms with van der Waals surface area (Å²) in [5.74, 6) is 0.577. The second-order valence-electron chi connectivity index (χ2n) is 8.20. The van der Waals surface area contributed by atoms with Crippen LogP contribution in [0.2, 0.25) is 0 Å². The molecule has 1 amide bonds. The normalized spacial score (nSPS) is 31.2. The molecule has 4 atom stereocenters. The molecule has 3 saturated heterocycles. The predicted molar refractivity (Wildman–Crippen MR) is 105 cm³/mol. The van der Waals surface area contributed by atoms with E-state index in [0.29, 0.717) is 23.9 Å². The molecule has 5 heterocycles. The second-order valence-corrected chi connectivity index (χ2v) is 9.18. The number of amides is 1. The average molecular weight is 401 g/mol. The highest BCUT2D eigenvalue weighted by atomic mass is 32.1. The molecule has 148 valence electrons. The second kappa shape index (κ2) is 6.79. The van der Waals surface area contributed by atoms with Gasteiger partial charge in [-0.2, -0.15) is 0 Å². The number of aryl methyl sites for hydroxylation is 1. The van der Waals surface area contributed by atoms with E-state index in [1.54, 1.807) is 30.6 Å². The first kappa shape index (κ1) is 18.0. The molecule has 1 spiro atoms. The fourth-order valence-electron chi connectivity index (χ4n) is 5.20. The van der Waals surface area contributed by atoms with Gasteiger partial charge in [0.1, 0.15) is 5.01 Å². The molecule has 2 bridgehead atoms. The van der Waals surface area contributed by atoms with E-state index in [1.165, 1.54) is 10.6 Å². The molecule has 8 heteroatoms. The van der Waals surface area contributed by atoms with Gasteiger partial charge in [0, 0.05) is 67.9 Å². The Hall–Kier alpha value is -2.03. The monoisotopic (exact) mass is 400 g/mol. The Morgan fingerprint density at radius 3 is 3.18 bits per heavy atom. The maximum Gasteiger partial charge on any atom is 0.251 e. The number of nitrogens with zero attached hydrogens (tertiary/aromatic N) is 3. The van der Waals surface area contributed by atoms with Crippen molar-refractivity contribution in [1.29, 1.82) is 0 Å². The van der Waals surface area contributed by atoms with E-state index in [9.17, 15) is 9.59 Å². The van der Waals surface area contributed by atoms with Gasteiger partial charge in [0.2, 0.25) is 0 Å². The zero-order chi connectivity index (χ0) is 19.3. The molecule has 0 radical (unpaired) electrons. The number of hydrogen-bond acceptors (Lipinski definition) is 6. The van der Waals surface area contributed by atoms with Crippen LogP contribution in [0.5, 0.6) is 0 Å². The number of carbonyl (C=O) groups excluding carboxylic acids is 1. The Balaban J connectivity index is 1.25. The molecule has 7 nitrogen and oxygen atoms in total. The summed E-state index contributed by atoms with van der Waals surface area (Å²) in [6.45, 7) is 3.40. The SMILES string of the molecule is Cn1ccc(C(=O)NC[C@H]2[C@H]3CN(Cc4nccs4)C[C@]34CC[C@H]2O4)cc1=O. The van der Waals surface area contributed by atoms with Crippen molar-refractivity contribution in [3.05, 3.63) is 50.8 Å². The van der Waals surface area contributed by atoms with Gasteiger partial charge in [-0.05, 0) is 18.9 Å². The highest BCUT2D eigenvalue weighted by molar-refractivity contribution is 7.09. The van der Waals surface area contributed by atoms with Crippen LogP contribution in [0.3, 0.4) is 0 Å². The van der Waals surface area contributed by atoms with Crippen LogP contribution in [0.15, 0.2) is 34.7 Å². The van der Waals surface area contributed by atoms with Gasteiger partial charge in [0.25, 0.3) is 11.5 Å². The molecule has 0 aliphatic carbocycles. The molecule has 28 heavy (non-hydrogen) atoms. The molecular weight excluding hydrogens is 376 g/mol. The number of aromatic nitrogens is 2. The van der Waals surface area contributed by atoms with Gasteiger partial charge in [0.15, 0.2) is 0 Å². The Kier molecular flexibility index (Phi) is 4.37. The quantitative estimate of drug-likeness (QED) is 0.818. The van der Waals surface area contributed by atoms with E-state index in [0.717, 1.165) is 37.5 Å². The van der Waals surface area contributed by atoms with E-state index in [1.807, 2.05) is 11.6 Å². The first-order valence-corrected chi connectivity index (χ1v) is 10.7. The van der Waals surface area contributed by atoms with Gasteiger partial charge in [0.05, 0.1) is 18.2 Å². The van der Waals surface area contributed by atoms with Crippen molar-refractivity contribution in [3.8, 4) is 0 Å². The molecule has 5 rings (SSSR count). The molecule has 1 N–H and O–H groups in total. The summed E-state index contributed by atoms with van der Waals surface area (Å²) < 4.78 is 7.91. The third-order valence-corrected chi connectivity index (χ3v) is 7.33. The zero-order valence-electron chi connectivity index (χ0n) is 15.8. The van der Waals surface area contributed by atoms with E-state index in [-0.39, 0.29) is 23.2 Å². The topological polar surface area (TPSA) is 76.5 Å². The fraction of sp³-hybridized carbons (Fsp3) is 0.550. The number of carbonyl (C=O) groups is 1. The number of hydrogen-bond donors (Lipinski definition) is 1. The number of fused-ring (bicyclic) bond motifs is 1. The average Bonchev–Trinajstić information content (AvgIpc) is 3.43. The number of pyridine rings is 1. The van der Waals surface area contributed by atoms with Gasteiger partial charge in [-0.1, -0.05) is 0 Å². The summed E-state index contributed by atoms with van der Waals surface area (Å²) in [4.78, 5) is 31.2. The van der Waals surface area contributed by atoms with Gasteiger partial charge >= 0.3 is 0 Å². The first-order valence-electron chi connectivity index (χ1n) is 9.77. The molecule has 2 aromatic rings. The van der Waals surface area contributed by atoms with Crippen molar-refractivity contribution in [2.24, 2.45) is 18.9 Å². The molecular formula is C20H24N4O3S. The van der Waals surface area contributed by atoms with Crippen molar-refractivity contribution in [2.45, 2.75) is 31.1 Å².